The summed E-state index contributed by atoms with van der Waals surface area (Å²) in [6.45, 7) is 3.86. The zero-order valence-corrected chi connectivity index (χ0v) is 18.8. The predicted octanol–water partition coefficient (Wildman–Crippen LogP) is 2.06. The Labute approximate surface area is 190 Å². The van der Waals surface area contributed by atoms with Gasteiger partial charge in [-0.15, -0.1) is 0 Å². The maximum absolute atomic E-state index is 12.6. The zero-order valence-electron chi connectivity index (χ0n) is 18.8. The third-order valence-electron chi connectivity index (χ3n) is 6.22. The molecule has 1 unspecified atom stereocenters. The molecule has 0 radical (unpaired) electrons. The van der Waals surface area contributed by atoms with Crippen molar-refractivity contribution in [2.75, 3.05) is 19.6 Å². The summed E-state index contributed by atoms with van der Waals surface area (Å²) in [6.07, 6.45) is 5.02. The van der Waals surface area contributed by atoms with Gasteiger partial charge in [0.05, 0.1) is 6.10 Å². The molecule has 1 aliphatic rings. The summed E-state index contributed by atoms with van der Waals surface area (Å²) in [4.78, 5) is 30.4. The van der Waals surface area contributed by atoms with Crippen LogP contribution in [0.2, 0.25) is 0 Å². The lowest BCUT2D eigenvalue weighted by Gasteiger charge is -2.31. The van der Waals surface area contributed by atoms with Crippen molar-refractivity contribution in [1.82, 2.24) is 15.2 Å². The number of aryl methyl sites for hydroxylation is 1. The van der Waals surface area contributed by atoms with Crippen LogP contribution in [0.15, 0.2) is 42.6 Å². The molecule has 1 aromatic carbocycles. The quantitative estimate of drug-likeness (QED) is 0.555. The van der Waals surface area contributed by atoms with Crippen molar-refractivity contribution in [2.45, 2.75) is 51.7 Å². The minimum atomic E-state index is -0.627. The number of likely N-dealkylation sites (tertiary alicyclic amines) is 1. The maximum atomic E-state index is 12.6. The highest BCUT2D eigenvalue weighted by atomic mass is 16.3. The second-order valence-electron chi connectivity index (χ2n) is 8.56. The van der Waals surface area contributed by atoms with E-state index in [2.05, 4.69) is 10.3 Å². The Hall–Kier alpha value is -2.77. The van der Waals surface area contributed by atoms with E-state index in [1.807, 2.05) is 35.2 Å². The second-order valence-corrected chi connectivity index (χ2v) is 8.56. The molecule has 1 aromatic heterocycles. The number of benzene rings is 1. The summed E-state index contributed by atoms with van der Waals surface area (Å²) >= 11 is 0. The molecule has 1 saturated heterocycles. The molecule has 0 saturated carbocycles. The van der Waals surface area contributed by atoms with Crippen molar-refractivity contribution >= 4 is 11.8 Å². The van der Waals surface area contributed by atoms with E-state index in [-0.39, 0.29) is 18.4 Å². The van der Waals surface area contributed by atoms with Gasteiger partial charge < -0.3 is 21.1 Å². The topological polar surface area (TPSA) is 109 Å². The number of hydrogen-bond donors (Lipinski definition) is 3. The van der Waals surface area contributed by atoms with Crippen LogP contribution in [0.3, 0.4) is 0 Å². The number of piperidine rings is 1. The highest BCUT2D eigenvalue weighted by molar-refractivity contribution is 5.94. The largest absolute Gasteiger partial charge is 0.391 e. The SMILES string of the molecule is CC(=O)N1CCC(Cc2cc(C(=O)NCC(O)CCc3ccccc3CN)ccn2)CC1. The maximum Gasteiger partial charge on any atom is 0.251 e. The number of nitrogens with zero attached hydrogens (tertiary/aromatic N) is 2. The highest BCUT2D eigenvalue weighted by Crippen LogP contribution is 2.21. The first-order valence-electron chi connectivity index (χ1n) is 11.4. The number of carbonyl (C=O) groups is 2. The number of pyridine rings is 1. The summed E-state index contributed by atoms with van der Waals surface area (Å²) < 4.78 is 0. The first-order valence-corrected chi connectivity index (χ1v) is 11.4. The fourth-order valence-corrected chi connectivity index (χ4v) is 4.22. The van der Waals surface area contributed by atoms with Gasteiger partial charge >= 0.3 is 0 Å². The fourth-order valence-electron chi connectivity index (χ4n) is 4.22. The number of carbonyl (C=O) groups excluding carboxylic acids is 2. The van der Waals surface area contributed by atoms with Crippen molar-refractivity contribution in [3.8, 4) is 0 Å². The second kappa shape index (κ2) is 11.7. The minimum Gasteiger partial charge on any atom is -0.391 e. The molecule has 0 aliphatic carbocycles. The van der Waals surface area contributed by atoms with Gasteiger partial charge in [-0.2, -0.15) is 0 Å². The van der Waals surface area contributed by atoms with Gasteiger partial charge in [0.15, 0.2) is 0 Å². The van der Waals surface area contributed by atoms with Crippen LogP contribution >= 0.6 is 0 Å². The average Bonchev–Trinajstić information content (AvgIpc) is 2.81. The van der Waals surface area contributed by atoms with E-state index in [0.29, 0.717) is 30.9 Å². The van der Waals surface area contributed by atoms with Crippen LogP contribution in [0.1, 0.15) is 53.4 Å². The van der Waals surface area contributed by atoms with Crippen LogP contribution in [0.4, 0.5) is 0 Å². The third kappa shape index (κ3) is 6.87. The Bertz CT molecular complexity index is 910. The van der Waals surface area contributed by atoms with Crippen molar-refractivity contribution in [3.63, 3.8) is 0 Å². The van der Waals surface area contributed by atoms with Gasteiger partial charge in [-0.25, -0.2) is 0 Å². The first kappa shape index (κ1) is 23.9. The molecule has 2 heterocycles. The van der Waals surface area contributed by atoms with E-state index >= 15 is 0 Å². The molecule has 3 rings (SSSR count). The Morgan fingerprint density at radius 3 is 2.62 bits per heavy atom. The highest BCUT2D eigenvalue weighted by Gasteiger charge is 2.21. The molecule has 1 atom stereocenters. The van der Waals surface area contributed by atoms with Crippen LogP contribution in [0.25, 0.3) is 0 Å². The van der Waals surface area contributed by atoms with E-state index in [0.717, 1.165) is 49.2 Å². The lowest BCUT2D eigenvalue weighted by atomic mass is 9.91. The molecule has 0 spiro atoms. The number of nitrogens with two attached hydrogens (primary N) is 1. The number of amides is 2. The van der Waals surface area contributed by atoms with Crippen molar-refractivity contribution < 1.29 is 14.7 Å². The van der Waals surface area contributed by atoms with Gasteiger partial charge in [-0.1, -0.05) is 24.3 Å². The van der Waals surface area contributed by atoms with E-state index in [1.54, 1.807) is 19.2 Å². The van der Waals surface area contributed by atoms with E-state index < -0.39 is 6.10 Å². The van der Waals surface area contributed by atoms with Gasteiger partial charge in [0, 0.05) is 50.6 Å². The summed E-state index contributed by atoms with van der Waals surface area (Å²) in [5.41, 5.74) is 9.42. The van der Waals surface area contributed by atoms with E-state index in [1.165, 1.54) is 0 Å². The lowest BCUT2D eigenvalue weighted by Crippen LogP contribution is -2.37. The predicted molar refractivity (Wildman–Crippen MR) is 124 cm³/mol. The molecule has 2 amide bonds. The van der Waals surface area contributed by atoms with Crippen LogP contribution in [-0.2, 0) is 24.2 Å². The molecule has 2 aromatic rings. The van der Waals surface area contributed by atoms with Gasteiger partial charge in [0.25, 0.3) is 5.91 Å². The summed E-state index contributed by atoms with van der Waals surface area (Å²) in [5, 5.41) is 13.1. The number of nitrogens with one attached hydrogen (secondary N) is 1. The Kier molecular flexibility index (Phi) is 8.76. The van der Waals surface area contributed by atoms with Crippen molar-refractivity contribution in [2.24, 2.45) is 11.7 Å². The number of hydrogen-bond acceptors (Lipinski definition) is 5. The van der Waals surface area contributed by atoms with Crippen LogP contribution in [0.5, 0.6) is 0 Å². The Morgan fingerprint density at radius 1 is 1.22 bits per heavy atom. The normalized spacial score (nSPS) is 15.4. The summed E-state index contributed by atoms with van der Waals surface area (Å²) in [6, 6.07) is 11.5. The number of rotatable bonds is 9. The molecule has 7 heteroatoms. The molecule has 1 aliphatic heterocycles. The lowest BCUT2D eigenvalue weighted by molar-refractivity contribution is -0.130. The van der Waals surface area contributed by atoms with Crippen LogP contribution in [-0.4, -0.2) is 52.5 Å². The minimum absolute atomic E-state index is 0.131. The number of aliphatic hydroxyl groups is 1. The first-order chi connectivity index (χ1) is 15.5. The average molecular weight is 439 g/mol. The molecular weight excluding hydrogens is 404 g/mol. The number of aliphatic hydroxyl groups excluding tert-OH is 1. The standard InChI is InChI=1S/C25H34N4O3/c1-18(30)29-12-9-19(10-13-29)14-23-15-21(8-11-27-23)25(32)28-17-24(31)7-6-20-4-2-3-5-22(20)16-26/h2-5,8,11,15,19,24,31H,6-7,9-10,12-14,16-17,26H2,1H3,(H,28,32). The van der Waals surface area contributed by atoms with Gasteiger partial charge in [-0.3, -0.25) is 14.6 Å². The monoisotopic (exact) mass is 438 g/mol. The third-order valence-corrected chi connectivity index (χ3v) is 6.22. The molecular formula is C25H34N4O3. The zero-order chi connectivity index (χ0) is 22.9. The molecule has 172 valence electrons. The Balaban J connectivity index is 1.45. The molecule has 4 N–H and O–H groups in total. The molecule has 1 fully saturated rings. The number of aromatic nitrogens is 1. The molecule has 32 heavy (non-hydrogen) atoms. The molecule has 7 nitrogen and oxygen atoms in total. The van der Waals surface area contributed by atoms with Crippen molar-refractivity contribution in [3.05, 3.63) is 65.0 Å². The smallest absolute Gasteiger partial charge is 0.251 e. The molecule has 0 bridgehead atoms. The van der Waals surface area contributed by atoms with Crippen molar-refractivity contribution in [1.29, 1.82) is 0 Å². The van der Waals surface area contributed by atoms with E-state index in [9.17, 15) is 14.7 Å². The van der Waals surface area contributed by atoms with Crippen LogP contribution in [0, 0.1) is 5.92 Å². The summed E-state index contributed by atoms with van der Waals surface area (Å²) in [5.74, 6) is 0.391. The van der Waals surface area contributed by atoms with E-state index in [4.69, 9.17) is 5.73 Å². The van der Waals surface area contributed by atoms with Gasteiger partial charge in [0.2, 0.25) is 5.91 Å². The van der Waals surface area contributed by atoms with Gasteiger partial charge in [-0.05, 0) is 61.3 Å². The Morgan fingerprint density at radius 2 is 1.94 bits per heavy atom. The summed E-state index contributed by atoms with van der Waals surface area (Å²) in [7, 11) is 0. The van der Waals surface area contributed by atoms with Gasteiger partial charge in [0.1, 0.15) is 0 Å². The fraction of sp³-hybridized carbons (Fsp3) is 0.480. The van der Waals surface area contributed by atoms with Crippen LogP contribution < -0.4 is 11.1 Å².